The van der Waals surface area contributed by atoms with E-state index >= 15 is 0 Å². The van der Waals surface area contributed by atoms with Crippen LogP contribution in [0.15, 0.2) is 0 Å². The van der Waals surface area contributed by atoms with Gasteiger partial charge in [0.25, 0.3) is 0 Å². The monoisotopic (exact) mass is 207 g/mol. The molecule has 1 heterocycles. The number of carboxylic acids is 1. The molecule has 1 saturated heterocycles. The quantitative estimate of drug-likeness (QED) is 0.577. The fourth-order valence-corrected chi connectivity index (χ4v) is 1.68. The minimum absolute atomic E-state index is 0. The standard InChI is InChI=1S/C6H9NO4S.CH4/c8-6(9)4-1-2-7-5(3-4)12(10)11;/h4,7H,1-3H2,(H,8,9);1H4. The van der Waals surface area contributed by atoms with Crippen LogP contribution in [0.4, 0.5) is 0 Å². The Hall–Kier alpha value is -0.880. The second kappa shape index (κ2) is 4.98. The molecular weight excluding hydrogens is 194 g/mol. The molecule has 5 nitrogen and oxygen atoms in total. The molecule has 13 heavy (non-hydrogen) atoms. The van der Waals surface area contributed by atoms with Crippen LogP contribution >= 0.6 is 0 Å². The van der Waals surface area contributed by atoms with E-state index < -0.39 is 22.2 Å². The van der Waals surface area contributed by atoms with Gasteiger partial charge < -0.3 is 5.11 Å². The first-order valence-corrected chi connectivity index (χ1v) is 4.60. The number of aliphatic carboxylic acids is 1. The van der Waals surface area contributed by atoms with Crippen LogP contribution in [0.3, 0.4) is 0 Å². The highest BCUT2D eigenvalue weighted by atomic mass is 32.2. The Morgan fingerprint density at radius 2 is 2.15 bits per heavy atom. The van der Waals surface area contributed by atoms with Crippen molar-refractivity contribution in [2.24, 2.45) is 5.92 Å². The summed E-state index contributed by atoms with van der Waals surface area (Å²) in [7, 11) is -2.30. The topological polar surface area (TPSA) is 83.5 Å². The molecule has 0 amide bonds. The first kappa shape index (κ1) is 12.1. The summed E-state index contributed by atoms with van der Waals surface area (Å²) in [4.78, 5) is 10.6. The van der Waals surface area contributed by atoms with Crippen molar-refractivity contribution in [1.29, 1.82) is 0 Å². The lowest BCUT2D eigenvalue weighted by atomic mass is 9.99. The van der Waals surface area contributed by atoms with Crippen molar-refractivity contribution in [1.82, 2.24) is 5.32 Å². The molecule has 1 unspecified atom stereocenters. The van der Waals surface area contributed by atoms with Gasteiger partial charge in [-0.2, -0.15) is 8.42 Å². The SMILES string of the molecule is C.O=C(O)C1CCNC(=S(=O)=O)C1. The van der Waals surface area contributed by atoms with Gasteiger partial charge in [-0.25, -0.2) is 0 Å². The van der Waals surface area contributed by atoms with Gasteiger partial charge in [0.1, 0.15) is 4.99 Å². The molecule has 1 atom stereocenters. The third-order valence-corrected chi connectivity index (χ3v) is 2.51. The number of nitrogens with one attached hydrogen (secondary N) is 1. The van der Waals surface area contributed by atoms with E-state index in [1.807, 2.05) is 0 Å². The maximum absolute atomic E-state index is 10.5. The van der Waals surface area contributed by atoms with E-state index in [9.17, 15) is 13.2 Å². The van der Waals surface area contributed by atoms with Gasteiger partial charge in [-0.1, -0.05) is 7.43 Å². The summed E-state index contributed by atoms with van der Waals surface area (Å²) in [6.07, 6.45) is 0.571. The van der Waals surface area contributed by atoms with E-state index in [0.29, 0.717) is 13.0 Å². The highest BCUT2D eigenvalue weighted by Crippen LogP contribution is 2.12. The van der Waals surface area contributed by atoms with Crippen molar-refractivity contribution in [3.05, 3.63) is 0 Å². The smallest absolute Gasteiger partial charge is 0.306 e. The molecule has 0 aromatic rings. The fourth-order valence-electron chi connectivity index (χ4n) is 1.12. The molecule has 0 aromatic carbocycles. The molecule has 1 aliphatic heterocycles. The molecule has 2 N–H and O–H groups in total. The lowest BCUT2D eigenvalue weighted by Crippen LogP contribution is -2.37. The van der Waals surface area contributed by atoms with Crippen molar-refractivity contribution in [2.45, 2.75) is 20.3 Å². The second-order valence-corrected chi connectivity index (χ2v) is 3.57. The number of carbonyl (C=O) groups is 1. The van der Waals surface area contributed by atoms with E-state index in [-0.39, 0.29) is 18.8 Å². The lowest BCUT2D eigenvalue weighted by molar-refractivity contribution is -0.141. The van der Waals surface area contributed by atoms with Crippen LogP contribution in [0.2, 0.25) is 0 Å². The van der Waals surface area contributed by atoms with Crippen LogP contribution in [0, 0.1) is 5.92 Å². The van der Waals surface area contributed by atoms with Crippen molar-refractivity contribution in [2.75, 3.05) is 6.54 Å². The van der Waals surface area contributed by atoms with Crippen LogP contribution in [-0.4, -0.2) is 31.0 Å². The number of piperidine rings is 1. The predicted molar refractivity (Wildman–Crippen MR) is 49.0 cm³/mol. The van der Waals surface area contributed by atoms with E-state index in [4.69, 9.17) is 5.11 Å². The Bertz CT molecular complexity index is 311. The van der Waals surface area contributed by atoms with Gasteiger partial charge in [-0.15, -0.1) is 0 Å². The van der Waals surface area contributed by atoms with Crippen molar-refractivity contribution in [3.8, 4) is 0 Å². The Balaban J connectivity index is 0.00000144. The van der Waals surface area contributed by atoms with E-state index in [1.54, 1.807) is 0 Å². The molecule has 6 heteroatoms. The average molecular weight is 207 g/mol. The first-order chi connectivity index (χ1) is 5.61. The highest BCUT2D eigenvalue weighted by Gasteiger charge is 2.24. The number of rotatable bonds is 1. The van der Waals surface area contributed by atoms with Gasteiger partial charge in [-0.3, -0.25) is 10.1 Å². The Morgan fingerprint density at radius 1 is 1.54 bits per heavy atom. The summed E-state index contributed by atoms with van der Waals surface area (Å²) < 4.78 is 20.9. The predicted octanol–water partition coefficient (Wildman–Crippen LogP) is -0.284. The molecule has 0 bridgehead atoms. The number of hydrogen-bond acceptors (Lipinski definition) is 3. The molecule has 0 saturated carbocycles. The van der Waals surface area contributed by atoms with Gasteiger partial charge >= 0.3 is 5.97 Å². The van der Waals surface area contributed by atoms with Crippen LogP contribution < -0.4 is 5.32 Å². The molecule has 0 aromatic heterocycles. The summed E-state index contributed by atoms with van der Waals surface area (Å²) in [5.74, 6) is -1.49. The average Bonchev–Trinajstić information content (AvgIpc) is 2.04. The van der Waals surface area contributed by atoms with Gasteiger partial charge in [0.15, 0.2) is 0 Å². The maximum Gasteiger partial charge on any atom is 0.306 e. The Kier molecular flexibility index (Phi) is 4.64. The molecule has 1 rings (SSSR count). The zero-order valence-corrected chi connectivity index (χ0v) is 7.10. The third kappa shape index (κ3) is 3.16. The van der Waals surface area contributed by atoms with Crippen molar-refractivity contribution >= 4 is 21.3 Å². The minimum atomic E-state index is -2.30. The molecule has 1 aliphatic rings. The zero-order chi connectivity index (χ0) is 9.14. The number of carboxylic acid groups (broad SMARTS) is 1. The van der Waals surface area contributed by atoms with Gasteiger partial charge in [0.05, 0.1) is 5.92 Å². The minimum Gasteiger partial charge on any atom is -0.481 e. The van der Waals surface area contributed by atoms with Gasteiger partial charge in [0, 0.05) is 13.0 Å². The maximum atomic E-state index is 10.5. The molecule has 0 radical (unpaired) electrons. The third-order valence-electron chi connectivity index (χ3n) is 1.80. The van der Waals surface area contributed by atoms with Crippen molar-refractivity contribution in [3.63, 3.8) is 0 Å². The lowest BCUT2D eigenvalue weighted by Gasteiger charge is -2.18. The first-order valence-electron chi connectivity index (χ1n) is 3.53. The highest BCUT2D eigenvalue weighted by molar-refractivity contribution is 7.72. The zero-order valence-electron chi connectivity index (χ0n) is 6.28. The molecule has 0 aliphatic carbocycles. The summed E-state index contributed by atoms with van der Waals surface area (Å²) in [6, 6.07) is 0. The Labute approximate surface area is 78.3 Å². The largest absolute Gasteiger partial charge is 0.481 e. The van der Waals surface area contributed by atoms with Gasteiger partial charge in [0.2, 0.25) is 10.3 Å². The van der Waals surface area contributed by atoms with Gasteiger partial charge in [-0.05, 0) is 6.42 Å². The van der Waals surface area contributed by atoms with E-state index in [0.717, 1.165) is 0 Å². The van der Waals surface area contributed by atoms with Crippen LogP contribution in [0.1, 0.15) is 20.3 Å². The normalized spacial score (nSPS) is 21.8. The Morgan fingerprint density at radius 3 is 2.62 bits per heavy atom. The van der Waals surface area contributed by atoms with Crippen LogP contribution in [0.25, 0.3) is 0 Å². The molecule has 0 spiro atoms. The van der Waals surface area contributed by atoms with Crippen LogP contribution in [0.5, 0.6) is 0 Å². The van der Waals surface area contributed by atoms with E-state index in [1.165, 1.54) is 0 Å². The summed E-state index contributed by atoms with van der Waals surface area (Å²) in [5.41, 5.74) is 0. The summed E-state index contributed by atoms with van der Waals surface area (Å²) >= 11 is 0. The van der Waals surface area contributed by atoms with E-state index in [2.05, 4.69) is 5.32 Å². The van der Waals surface area contributed by atoms with Crippen molar-refractivity contribution < 1.29 is 18.3 Å². The molecule has 76 valence electrons. The molecular formula is C7H13NO4S. The number of hydrogen-bond donors (Lipinski definition) is 2. The fraction of sp³-hybridized carbons (Fsp3) is 0.714. The summed E-state index contributed by atoms with van der Waals surface area (Å²) in [5, 5.41) is 11.2. The second-order valence-electron chi connectivity index (χ2n) is 2.61. The molecule has 1 fully saturated rings. The summed E-state index contributed by atoms with van der Waals surface area (Å²) in [6.45, 7) is 0.417. The van der Waals surface area contributed by atoms with Crippen LogP contribution in [-0.2, 0) is 15.1 Å².